The summed E-state index contributed by atoms with van der Waals surface area (Å²) in [5.74, 6) is -0.208. The zero-order valence-corrected chi connectivity index (χ0v) is 24.5. The average molecular weight is 601 g/mol. The number of nitrogens with one attached hydrogen (secondary N) is 1. The van der Waals surface area contributed by atoms with Gasteiger partial charge >= 0.3 is 0 Å². The van der Waals surface area contributed by atoms with Crippen molar-refractivity contribution in [2.45, 2.75) is 29.3 Å². The van der Waals surface area contributed by atoms with Crippen LogP contribution in [0.4, 0.5) is 0 Å². The van der Waals surface area contributed by atoms with E-state index < -0.39 is 21.4 Å². The van der Waals surface area contributed by atoms with Crippen LogP contribution in [0.2, 0.25) is 5.02 Å². The number of halogens is 1. The summed E-state index contributed by atoms with van der Waals surface area (Å²) in [5.41, 5.74) is 1.84. The second-order valence-electron chi connectivity index (χ2n) is 10.6. The van der Waals surface area contributed by atoms with Crippen LogP contribution in [0.25, 0.3) is 22.0 Å². The van der Waals surface area contributed by atoms with Gasteiger partial charge < -0.3 is 10.1 Å². The average Bonchev–Trinajstić information content (AvgIpc) is 3.51. The molecular weight excluding hydrogens is 572 g/mol. The highest BCUT2D eigenvalue weighted by atomic mass is 35.5. The van der Waals surface area contributed by atoms with Crippen LogP contribution in [-0.4, -0.2) is 48.8 Å². The summed E-state index contributed by atoms with van der Waals surface area (Å²) in [7, 11) is -3.40. The van der Waals surface area contributed by atoms with Gasteiger partial charge in [-0.05, 0) is 52.2 Å². The van der Waals surface area contributed by atoms with Crippen LogP contribution in [0.1, 0.15) is 30.0 Å². The van der Waals surface area contributed by atoms with E-state index in [-0.39, 0.29) is 10.8 Å². The highest BCUT2D eigenvalue weighted by Gasteiger charge is 2.44. The van der Waals surface area contributed by atoms with E-state index in [1.807, 2.05) is 42.5 Å². The highest BCUT2D eigenvalue weighted by molar-refractivity contribution is 7.90. The predicted molar refractivity (Wildman–Crippen MR) is 162 cm³/mol. The highest BCUT2D eigenvalue weighted by Crippen LogP contribution is 2.34. The molecule has 1 saturated heterocycles. The predicted octanol–water partition coefficient (Wildman–Crippen LogP) is 5.57. The quantitative estimate of drug-likeness (QED) is 0.262. The van der Waals surface area contributed by atoms with E-state index in [1.165, 1.54) is 0 Å². The molecular formula is C32H29ClN4O4S. The van der Waals surface area contributed by atoms with E-state index in [1.54, 1.807) is 35.1 Å². The lowest BCUT2D eigenvalue weighted by Gasteiger charge is -2.37. The summed E-state index contributed by atoms with van der Waals surface area (Å²) in [6.45, 7) is 0.765. The number of ether oxygens (including phenoxy) is 1. The maximum absolute atomic E-state index is 14.4. The van der Waals surface area contributed by atoms with E-state index in [0.29, 0.717) is 42.3 Å². The first kappa shape index (κ1) is 28.1. The molecule has 0 radical (unpaired) electrons. The molecule has 4 aromatic carbocycles. The summed E-state index contributed by atoms with van der Waals surface area (Å²) in [4.78, 5) is 14.6. The van der Waals surface area contributed by atoms with E-state index in [4.69, 9.17) is 16.3 Å². The molecule has 0 bridgehead atoms. The first-order valence-electron chi connectivity index (χ1n) is 13.6. The third-order valence-electron chi connectivity index (χ3n) is 7.82. The van der Waals surface area contributed by atoms with Gasteiger partial charge in [-0.25, -0.2) is 13.1 Å². The van der Waals surface area contributed by atoms with Gasteiger partial charge in [-0.15, -0.1) is 5.10 Å². The fourth-order valence-corrected chi connectivity index (χ4v) is 6.22. The van der Waals surface area contributed by atoms with Crippen molar-refractivity contribution < 1.29 is 17.9 Å². The Labute approximate surface area is 249 Å². The molecule has 1 unspecified atom stereocenters. The third-order valence-corrected chi connectivity index (χ3v) is 9.18. The van der Waals surface area contributed by atoms with Crippen molar-refractivity contribution in [3.63, 3.8) is 0 Å². The Kier molecular flexibility index (Phi) is 7.57. The lowest BCUT2D eigenvalue weighted by Crippen LogP contribution is -2.53. The molecule has 1 N–H and O–H groups in total. The molecule has 2 heterocycles. The van der Waals surface area contributed by atoms with Crippen LogP contribution in [0.5, 0.6) is 0 Å². The van der Waals surface area contributed by atoms with Crippen molar-refractivity contribution in [2.24, 2.45) is 0 Å². The van der Waals surface area contributed by atoms with E-state index in [0.717, 1.165) is 28.2 Å². The van der Waals surface area contributed by atoms with Crippen molar-refractivity contribution in [2.75, 3.05) is 19.5 Å². The molecule has 6 rings (SSSR count). The van der Waals surface area contributed by atoms with Gasteiger partial charge in [-0.1, -0.05) is 77.5 Å². The van der Waals surface area contributed by atoms with Crippen LogP contribution in [0, 0.1) is 0 Å². The third kappa shape index (κ3) is 5.55. The van der Waals surface area contributed by atoms with Crippen molar-refractivity contribution in [1.82, 2.24) is 20.3 Å². The number of fused-ring (bicyclic) bond motifs is 1. The smallest absolute Gasteiger partial charge is 0.248 e. The van der Waals surface area contributed by atoms with Crippen LogP contribution in [0.15, 0.2) is 102 Å². The number of nitrogens with zero attached hydrogens (tertiary/aromatic N) is 3. The Morgan fingerprint density at radius 1 is 0.929 bits per heavy atom. The summed E-state index contributed by atoms with van der Waals surface area (Å²) in [6.07, 6.45) is 3.67. The SMILES string of the molecule is CS(=O)(=O)c1cccc(-c2cn(C3(C(=O)NC(c4ccc(Cl)cc4)c4ccc5ccccc5c4)CCOCC3)nn2)c1. The molecule has 1 atom stereocenters. The van der Waals surface area contributed by atoms with Crippen molar-refractivity contribution in [1.29, 1.82) is 0 Å². The molecule has 1 amide bonds. The normalized spacial score (nSPS) is 15.8. The Morgan fingerprint density at radius 3 is 2.38 bits per heavy atom. The molecule has 10 heteroatoms. The fourth-order valence-electron chi connectivity index (χ4n) is 5.43. The lowest BCUT2D eigenvalue weighted by molar-refractivity contribution is -0.136. The first-order chi connectivity index (χ1) is 20.2. The van der Waals surface area contributed by atoms with E-state index in [9.17, 15) is 13.2 Å². The number of benzene rings is 4. The molecule has 42 heavy (non-hydrogen) atoms. The molecule has 0 aliphatic carbocycles. The second-order valence-corrected chi connectivity index (χ2v) is 13.0. The van der Waals surface area contributed by atoms with Crippen LogP contribution < -0.4 is 5.32 Å². The standard InChI is InChI=1S/C32H29ClN4O4S/c1-42(39,40)28-8-4-7-25(20-28)29-21-37(36-35-29)32(15-17-41-18-16-32)31(38)34-30(23-11-13-27(33)14-12-23)26-10-9-22-5-2-3-6-24(22)19-26/h2-14,19-21,30H,15-18H2,1H3,(H,34,38). The maximum Gasteiger partial charge on any atom is 0.248 e. The number of rotatable bonds is 7. The molecule has 214 valence electrons. The van der Waals surface area contributed by atoms with Crippen LogP contribution >= 0.6 is 11.6 Å². The topological polar surface area (TPSA) is 103 Å². The second kappa shape index (κ2) is 11.3. The van der Waals surface area contributed by atoms with Gasteiger partial charge in [0.1, 0.15) is 11.2 Å². The summed E-state index contributed by atoms with van der Waals surface area (Å²) < 4.78 is 31.5. The van der Waals surface area contributed by atoms with E-state index >= 15 is 0 Å². The van der Waals surface area contributed by atoms with E-state index in [2.05, 4.69) is 39.9 Å². The van der Waals surface area contributed by atoms with Gasteiger partial charge in [0.05, 0.1) is 17.1 Å². The number of carbonyl (C=O) groups is 1. The van der Waals surface area contributed by atoms with Gasteiger partial charge in [0.25, 0.3) is 0 Å². The molecule has 0 saturated carbocycles. The minimum atomic E-state index is -3.40. The Balaban J connectivity index is 1.38. The van der Waals surface area contributed by atoms with Gasteiger partial charge in [0, 0.05) is 42.9 Å². The summed E-state index contributed by atoms with van der Waals surface area (Å²) in [5, 5.41) is 14.8. The van der Waals surface area contributed by atoms with Gasteiger partial charge in [-0.3, -0.25) is 4.79 Å². The Bertz CT molecular complexity index is 1870. The zero-order chi connectivity index (χ0) is 29.3. The lowest BCUT2D eigenvalue weighted by atomic mass is 9.87. The van der Waals surface area contributed by atoms with Gasteiger partial charge in [-0.2, -0.15) is 0 Å². The zero-order valence-electron chi connectivity index (χ0n) is 22.9. The maximum atomic E-state index is 14.4. The van der Waals surface area contributed by atoms with Gasteiger partial charge in [0.15, 0.2) is 9.84 Å². The molecule has 1 aliphatic rings. The number of sulfone groups is 1. The number of amides is 1. The number of aromatic nitrogens is 3. The Hall–Kier alpha value is -4.05. The molecule has 5 aromatic rings. The van der Waals surface area contributed by atoms with Crippen molar-refractivity contribution in [3.8, 4) is 11.3 Å². The first-order valence-corrected chi connectivity index (χ1v) is 15.9. The fraction of sp³-hybridized carbons (Fsp3) is 0.219. The Morgan fingerprint density at radius 2 is 1.64 bits per heavy atom. The molecule has 1 fully saturated rings. The van der Waals surface area contributed by atoms with Crippen molar-refractivity contribution >= 4 is 38.1 Å². The minimum absolute atomic E-state index is 0.189. The van der Waals surface area contributed by atoms with Gasteiger partial charge in [0.2, 0.25) is 5.91 Å². The molecule has 1 aliphatic heterocycles. The molecule has 0 spiro atoms. The summed E-state index contributed by atoms with van der Waals surface area (Å²) in [6, 6.07) is 27.8. The molecule has 8 nitrogen and oxygen atoms in total. The number of carbonyl (C=O) groups excluding carboxylic acids is 1. The monoisotopic (exact) mass is 600 g/mol. The molecule has 1 aromatic heterocycles. The van der Waals surface area contributed by atoms with Crippen LogP contribution in [0.3, 0.4) is 0 Å². The van der Waals surface area contributed by atoms with Crippen LogP contribution in [-0.2, 0) is 24.9 Å². The number of hydrogen-bond donors (Lipinski definition) is 1. The minimum Gasteiger partial charge on any atom is -0.381 e. The summed E-state index contributed by atoms with van der Waals surface area (Å²) >= 11 is 6.20. The largest absolute Gasteiger partial charge is 0.381 e. The number of hydrogen-bond acceptors (Lipinski definition) is 6. The van der Waals surface area contributed by atoms with Crippen molar-refractivity contribution in [3.05, 3.63) is 113 Å².